The number of nitrogens with zero attached hydrogens (tertiary/aromatic N) is 3. The summed E-state index contributed by atoms with van der Waals surface area (Å²) >= 11 is 0. The fraction of sp³-hybridized carbons (Fsp3) is 0.333. The van der Waals surface area contributed by atoms with Crippen molar-refractivity contribution in [1.82, 2.24) is 20.1 Å². The van der Waals surface area contributed by atoms with E-state index in [0.717, 1.165) is 19.6 Å². The number of benzene rings is 1. The van der Waals surface area contributed by atoms with E-state index in [0.29, 0.717) is 5.92 Å². The summed E-state index contributed by atoms with van der Waals surface area (Å²) in [6.45, 7) is 3.20. The molecule has 0 spiro atoms. The van der Waals surface area contributed by atoms with Crippen molar-refractivity contribution < 1.29 is 0 Å². The van der Waals surface area contributed by atoms with Crippen LogP contribution < -0.4 is 0 Å². The van der Waals surface area contributed by atoms with Crippen molar-refractivity contribution in [3.05, 3.63) is 60.2 Å². The van der Waals surface area contributed by atoms with Gasteiger partial charge >= 0.3 is 0 Å². The fourth-order valence-corrected chi connectivity index (χ4v) is 3.43. The molecule has 1 aliphatic rings. The van der Waals surface area contributed by atoms with Gasteiger partial charge in [0.05, 0.1) is 11.9 Å². The first kappa shape index (κ1) is 13.5. The summed E-state index contributed by atoms with van der Waals surface area (Å²) in [5, 5.41) is 9.55. The first-order valence-electron chi connectivity index (χ1n) is 7.94. The third kappa shape index (κ3) is 2.62. The van der Waals surface area contributed by atoms with Crippen molar-refractivity contribution >= 4 is 10.8 Å². The van der Waals surface area contributed by atoms with Crippen molar-refractivity contribution in [2.75, 3.05) is 13.1 Å². The fourth-order valence-electron chi connectivity index (χ4n) is 3.43. The molecule has 1 saturated heterocycles. The highest BCUT2D eigenvalue weighted by molar-refractivity contribution is 5.84. The molecular formula is C18H20N4. The first-order chi connectivity index (χ1) is 10.9. The van der Waals surface area contributed by atoms with E-state index in [1.54, 1.807) is 0 Å². The lowest BCUT2D eigenvalue weighted by molar-refractivity contribution is 0.203. The number of aromatic amines is 1. The lowest BCUT2D eigenvalue weighted by atomic mass is 9.91. The average Bonchev–Trinajstić information content (AvgIpc) is 3.10. The predicted molar refractivity (Wildman–Crippen MR) is 87.6 cm³/mol. The number of nitrogens with one attached hydrogen (secondary N) is 1. The van der Waals surface area contributed by atoms with Crippen LogP contribution in [0.2, 0.25) is 0 Å². The summed E-state index contributed by atoms with van der Waals surface area (Å²) in [5.74, 6) is 0.649. The Morgan fingerprint density at radius 3 is 2.82 bits per heavy atom. The maximum atomic E-state index is 4.61. The van der Waals surface area contributed by atoms with Crippen LogP contribution in [-0.2, 0) is 6.54 Å². The van der Waals surface area contributed by atoms with Crippen LogP contribution in [0.3, 0.4) is 0 Å². The van der Waals surface area contributed by atoms with Crippen LogP contribution in [0.5, 0.6) is 0 Å². The average molecular weight is 292 g/mol. The SMILES string of the molecule is c1ccc2c(CN3CCC(c4cn[nH]c4)CC3)nccc2c1. The standard InChI is InChI=1S/C18H20N4/c1-2-4-17-15(3-1)5-8-19-18(17)13-22-9-6-14(7-10-22)16-11-20-21-12-16/h1-5,8,11-12,14H,6-7,9-10,13H2,(H,20,21). The molecule has 112 valence electrons. The number of hydrogen-bond acceptors (Lipinski definition) is 3. The smallest absolute Gasteiger partial charge is 0.0622 e. The van der Waals surface area contributed by atoms with E-state index < -0.39 is 0 Å². The molecule has 3 aromatic rings. The molecule has 0 aliphatic carbocycles. The quantitative estimate of drug-likeness (QED) is 0.805. The highest BCUT2D eigenvalue weighted by atomic mass is 15.1. The molecule has 22 heavy (non-hydrogen) atoms. The second kappa shape index (κ2) is 5.89. The topological polar surface area (TPSA) is 44.8 Å². The largest absolute Gasteiger partial charge is 0.297 e. The molecule has 1 N–H and O–H groups in total. The number of pyridine rings is 1. The van der Waals surface area contributed by atoms with Gasteiger partial charge in [0.2, 0.25) is 0 Å². The van der Waals surface area contributed by atoms with E-state index in [1.807, 2.05) is 18.6 Å². The molecule has 0 bridgehead atoms. The van der Waals surface area contributed by atoms with Gasteiger partial charge in [0.1, 0.15) is 0 Å². The van der Waals surface area contributed by atoms with Crippen LogP contribution in [0.1, 0.15) is 30.0 Å². The van der Waals surface area contributed by atoms with Gasteiger partial charge in [-0.05, 0) is 48.9 Å². The van der Waals surface area contributed by atoms with Crippen molar-refractivity contribution in [2.24, 2.45) is 0 Å². The van der Waals surface area contributed by atoms with Crippen LogP contribution in [0, 0.1) is 0 Å². The van der Waals surface area contributed by atoms with Gasteiger partial charge in [-0.3, -0.25) is 15.0 Å². The van der Waals surface area contributed by atoms with E-state index in [-0.39, 0.29) is 0 Å². The zero-order chi connectivity index (χ0) is 14.8. The van der Waals surface area contributed by atoms with Gasteiger partial charge < -0.3 is 0 Å². The van der Waals surface area contributed by atoms with Gasteiger partial charge in [-0.1, -0.05) is 24.3 Å². The molecule has 1 aliphatic heterocycles. The van der Waals surface area contributed by atoms with E-state index in [9.17, 15) is 0 Å². The molecule has 3 heterocycles. The Morgan fingerprint density at radius 2 is 2.00 bits per heavy atom. The molecule has 0 amide bonds. The van der Waals surface area contributed by atoms with Crippen LogP contribution in [0.15, 0.2) is 48.9 Å². The summed E-state index contributed by atoms with van der Waals surface area (Å²) in [4.78, 5) is 7.13. The molecule has 2 aromatic heterocycles. The molecule has 0 atom stereocenters. The molecule has 4 nitrogen and oxygen atoms in total. The lowest BCUT2D eigenvalue weighted by Crippen LogP contribution is -2.32. The van der Waals surface area contributed by atoms with Crippen molar-refractivity contribution in [1.29, 1.82) is 0 Å². The number of fused-ring (bicyclic) bond motifs is 1. The monoisotopic (exact) mass is 292 g/mol. The van der Waals surface area contributed by atoms with E-state index in [2.05, 4.69) is 50.4 Å². The maximum Gasteiger partial charge on any atom is 0.0622 e. The molecule has 4 heteroatoms. The zero-order valence-electron chi connectivity index (χ0n) is 12.6. The molecule has 4 rings (SSSR count). The minimum atomic E-state index is 0.649. The highest BCUT2D eigenvalue weighted by Gasteiger charge is 2.21. The number of piperidine rings is 1. The lowest BCUT2D eigenvalue weighted by Gasteiger charge is -2.31. The van der Waals surface area contributed by atoms with Gasteiger partial charge in [-0.25, -0.2) is 0 Å². The Labute approximate surface area is 130 Å². The summed E-state index contributed by atoms with van der Waals surface area (Å²) in [5.41, 5.74) is 2.54. The van der Waals surface area contributed by atoms with E-state index in [4.69, 9.17) is 0 Å². The van der Waals surface area contributed by atoms with Crippen molar-refractivity contribution in [2.45, 2.75) is 25.3 Å². The summed E-state index contributed by atoms with van der Waals surface area (Å²) < 4.78 is 0. The number of likely N-dealkylation sites (tertiary alicyclic amines) is 1. The van der Waals surface area contributed by atoms with Gasteiger partial charge in [0.25, 0.3) is 0 Å². The summed E-state index contributed by atoms with van der Waals surface area (Å²) in [6.07, 6.45) is 8.32. The van der Waals surface area contributed by atoms with Crippen LogP contribution >= 0.6 is 0 Å². The third-order valence-corrected chi connectivity index (χ3v) is 4.71. The summed E-state index contributed by atoms with van der Waals surface area (Å²) in [7, 11) is 0. The molecular weight excluding hydrogens is 272 g/mol. The molecule has 0 radical (unpaired) electrons. The highest BCUT2D eigenvalue weighted by Crippen LogP contribution is 2.28. The Kier molecular flexibility index (Phi) is 3.60. The van der Waals surface area contributed by atoms with Crippen molar-refractivity contribution in [3.8, 4) is 0 Å². The van der Waals surface area contributed by atoms with Crippen LogP contribution in [0.4, 0.5) is 0 Å². The molecule has 0 unspecified atom stereocenters. The molecule has 0 saturated carbocycles. The van der Waals surface area contributed by atoms with Gasteiger partial charge in [0.15, 0.2) is 0 Å². The Hall–Kier alpha value is -2.20. The Balaban J connectivity index is 1.46. The number of hydrogen-bond donors (Lipinski definition) is 1. The van der Waals surface area contributed by atoms with Gasteiger partial charge in [-0.2, -0.15) is 5.10 Å². The Bertz CT molecular complexity index is 737. The van der Waals surface area contributed by atoms with Crippen LogP contribution in [0.25, 0.3) is 10.8 Å². The molecule has 1 aromatic carbocycles. The van der Waals surface area contributed by atoms with Crippen LogP contribution in [-0.4, -0.2) is 33.2 Å². The first-order valence-corrected chi connectivity index (χ1v) is 7.94. The Morgan fingerprint density at radius 1 is 1.14 bits per heavy atom. The maximum absolute atomic E-state index is 4.61. The minimum absolute atomic E-state index is 0.649. The zero-order valence-corrected chi connectivity index (χ0v) is 12.6. The minimum Gasteiger partial charge on any atom is -0.297 e. The second-order valence-corrected chi connectivity index (χ2v) is 6.06. The number of rotatable bonds is 3. The van der Waals surface area contributed by atoms with E-state index in [1.165, 1.54) is 34.9 Å². The van der Waals surface area contributed by atoms with E-state index >= 15 is 0 Å². The molecule has 1 fully saturated rings. The number of H-pyrrole nitrogens is 1. The third-order valence-electron chi connectivity index (χ3n) is 4.71. The van der Waals surface area contributed by atoms with Gasteiger partial charge in [0, 0.05) is 24.3 Å². The second-order valence-electron chi connectivity index (χ2n) is 6.06. The van der Waals surface area contributed by atoms with Crippen molar-refractivity contribution in [3.63, 3.8) is 0 Å². The van der Waals surface area contributed by atoms with Gasteiger partial charge in [-0.15, -0.1) is 0 Å². The predicted octanol–water partition coefficient (Wildman–Crippen LogP) is 3.34. The number of aromatic nitrogens is 3. The summed E-state index contributed by atoms with van der Waals surface area (Å²) in [6, 6.07) is 10.6. The normalized spacial score (nSPS) is 17.1.